The molecule has 0 amide bonds. The molecule has 90 valence electrons. The third-order valence-electron chi connectivity index (χ3n) is 2.67. The Hall–Kier alpha value is -1.81. The van der Waals surface area contributed by atoms with Crippen LogP contribution in [0.3, 0.4) is 0 Å². The highest BCUT2D eigenvalue weighted by atomic mass is 16.5. The number of aryl methyl sites for hydroxylation is 2. The predicted octanol–water partition coefficient (Wildman–Crippen LogP) is 2.36. The van der Waals surface area contributed by atoms with Gasteiger partial charge in [-0.05, 0) is 31.5 Å². The molecule has 0 spiro atoms. The highest BCUT2D eigenvalue weighted by molar-refractivity contribution is 5.28. The highest BCUT2D eigenvalue weighted by Crippen LogP contribution is 2.17. The third-order valence-corrected chi connectivity index (χ3v) is 2.67. The number of benzene rings is 1. The second-order valence-corrected chi connectivity index (χ2v) is 3.89. The number of ether oxygens (including phenoxy) is 1. The van der Waals surface area contributed by atoms with Crippen molar-refractivity contribution in [2.24, 2.45) is 0 Å². The molecule has 4 nitrogen and oxygen atoms in total. The van der Waals surface area contributed by atoms with Crippen molar-refractivity contribution in [3.8, 4) is 5.75 Å². The van der Waals surface area contributed by atoms with Crippen LogP contribution in [-0.2, 0) is 13.2 Å². The van der Waals surface area contributed by atoms with Crippen molar-refractivity contribution < 1.29 is 14.4 Å². The van der Waals surface area contributed by atoms with Gasteiger partial charge in [-0.2, -0.15) is 0 Å². The Morgan fingerprint density at radius 3 is 2.47 bits per heavy atom. The molecule has 1 N–H and O–H groups in total. The van der Waals surface area contributed by atoms with E-state index in [1.807, 2.05) is 38.1 Å². The van der Waals surface area contributed by atoms with E-state index in [0.29, 0.717) is 6.61 Å². The second kappa shape index (κ2) is 5.01. The molecule has 1 aromatic carbocycles. The molecule has 0 radical (unpaired) electrons. The molecule has 0 unspecified atom stereocenters. The minimum Gasteiger partial charge on any atom is -0.489 e. The van der Waals surface area contributed by atoms with Gasteiger partial charge in [0, 0.05) is 0 Å². The summed E-state index contributed by atoms with van der Waals surface area (Å²) in [6, 6.07) is 7.35. The minimum absolute atomic E-state index is 0.0458. The molecule has 1 heterocycles. The number of aliphatic hydroxyl groups excluding tert-OH is 1. The third kappa shape index (κ3) is 2.65. The lowest BCUT2D eigenvalue weighted by molar-refractivity contribution is 0.280. The summed E-state index contributed by atoms with van der Waals surface area (Å²) < 4.78 is 10.7. The molecule has 0 saturated carbocycles. The number of hydrogen-bond donors (Lipinski definition) is 1. The topological polar surface area (TPSA) is 55.5 Å². The first kappa shape index (κ1) is 11.7. The van der Waals surface area contributed by atoms with Crippen molar-refractivity contribution in [2.45, 2.75) is 27.1 Å². The summed E-state index contributed by atoms with van der Waals surface area (Å²) in [5, 5.41) is 12.8. The van der Waals surface area contributed by atoms with Gasteiger partial charge >= 0.3 is 0 Å². The Bertz CT molecular complexity index is 468. The summed E-state index contributed by atoms with van der Waals surface area (Å²) in [4.78, 5) is 0. The molecular weight excluding hydrogens is 218 g/mol. The SMILES string of the molecule is Cc1noc(C)c1COc1ccc(CO)cc1. The van der Waals surface area contributed by atoms with Crippen LogP contribution >= 0.6 is 0 Å². The Balaban J connectivity index is 2.02. The minimum atomic E-state index is 0.0458. The first-order chi connectivity index (χ1) is 8.20. The second-order valence-electron chi connectivity index (χ2n) is 3.89. The van der Waals surface area contributed by atoms with E-state index in [1.165, 1.54) is 0 Å². The quantitative estimate of drug-likeness (QED) is 0.880. The molecule has 2 rings (SSSR count). The van der Waals surface area contributed by atoms with Crippen LogP contribution in [-0.4, -0.2) is 10.3 Å². The summed E-state index contributed by atoms with van der Waals surface area (Å²) in [5.74, 6) is 1.55. The molecule has 4 heteroatoms. The maximum atomic E-state index is 8.92. The molecular formula is C13H15NO3. The van der Waals surface area contributed by atoms with E-state index in [4.69, 9.17) is 14.4 Å². The van der Waals surface area contributed by atoms with Gasteiger partial charge in [0.25, 0.3) is 0 Å². The first-order valence-electron chi connectivity index (χ1n) is 5.45. The zero-order chi connectivity index (χ0) is 12.3. The highest BCUT2D eigenvalue weighted by Gasteiger charge is 2.09. The van der Waals surface area contributed by atoms with Gasteiger partial charge in [0.2, 0.25) is 0 Å². The molecule has 2 aromatic rings. The van der Waals surface area contributed by atoms with E-state index in [0.717, 1.165) is 28.3 Å². The number of nitrogens with zero attached hydrogens (tertiary/aromatic N) is 1. The normalized spacial score (nSPS) is 10.5. The van der Waals surface area contributed by atoms with Gasteiger partial charge in [-0.1, -0.05) is 17.3 Å². The van der Waals surface area contributed by atoms with E-state index >= 15 is 0 Å². The van der Waals surface area contributed by atoms with Crippen LogP contribution in [0.25, 0.3) is 0 Å². The summed E-state index contributed by atoms with van der Waals surface area (Å²) >= 11 is 0. The molecule has 0 aliphatic rings. The van der Waals surface area contributed by atoms with Crippen molar-refractivity contribution in [1.82, 2.24) is 5.16 Å². The smallest absolute Gasteiger partial charge is 0.140 e. The molecule has 0 fully saturated rings. The average Bonchev–Trinajstić information content (AvgIpc) is 2.67. The fourth-order valence-corrected chi connectivity index (χ4v) is 1.55. The zero-order valence-electron chi connectivity index (χ0n) is 9.93. The van der Waals surface area contributed by atoms with Crippen LogP contribution in [0.2, 0.25) is 0 Å². The van der Waals surface area contributed by atoms with Gasteiger partial charge in [0.1, 0.15) is 18.1 Å². The molecule has 0 saturated heterocycles. The molecule has 1 aromatic heterocycles. The van der Waals surface area contributed by atoms with E-state index in [9.17, 15) is 0 Å². The van der Waals surface area contributed by atoms with E-state index in [2.05, 4.69) is 5.16 Å². The fraction of sp³-hybridized carbons (Fsp3) is 0.308. The zero-order valence-corrected chi connectivity index (χ0v) is 9.93. The van der Waals surface area contributed by atoms with Crippen molar-refractivity contribution in [3.05, 3.63) is 46.8 Å². The standard InChI is InChI=1S/C13H15NO3/c1-9-13(10(2)17-14-9)8-16-12-5-3-11(7-15)4-6-12/h3-6,15H,7-8H2,1-2H3. The Morgan fingerprint density at radius 2 is 1.94 bits per heavy atom. The number of hydrogen-bond acceptors (Lipinski definition) is 4. The van der Waals surface area contributed by atoms with E-state index < -0.39 is 0 Å². The van der Waals surface area contributed by atoms with Crippen LogP contribution in [0.1, 0.15) is 22.6 Å². The van der Waals surface area contributed by atoms with Gasteiger partial charge in [-0.3, -0.25) is 0 Å². The van der Waals surface area contributed by atoms with E-state index in [-0.39, 0.29) is 6.61 Å². The van der Waals surface area contributed by atoms with Gasteiger partial charge in [0.15, 0.2) is 0 Å². The number of aliphatic hydroxyl groups is 1. The lowest BCUT2D eigenvalue weighted by Gasteiger charge is -2.06. The molecule has 0 aliphatic heterocycles. The predicted molar refractivity (Wildman–Crippen MR) is 62.7 cm³/mol. The number of aromatic nitrogens is 1. The fourth-order valence-electron chi connectivity index (χ4n) is 1.55. The Morgan fingerprint density at radius 1 is 1.24 bits per heavy atom. The van der Waals surface area contributed by atoms with Gasteiger partial charge in [-0.15, -0.1) is 0 Å². The van der Waals surface area contributed by atoms with Gasteiger partial charge in [0.05, 0.1) is 17.9 Å². The van der Waals surface area contributed by atoms with Crippen LogP contribution in [0, 0.1) is 13.8 Å². The first-order valence-corrected chi connectivity index (χ1v) is 5.45. The summed E-state index contributed by atoms with van der Waals surface area (Å²) in [6.45, 7) is 4.25. The van der Waals surface area contributed by atoms with Crippen LogP contribution < -0.4 is 4.74 Å². The maximum absolute atomic E-state index is 8.92. The lowest BCUT2D eigenvalue weighted by Crippen LogP contribution is -1.97. The molecule has 17 heavy (non-hydrogen) atoms. The average molecular weight is 233 g/mol. The Kier molecular flexibility index (Phi) is 3.44. The molecule has 0 atom stereocenters. The number of rotatable bonds is 4. The van der Waals surface area contributed by atoms with Crippen molar-refractivity contribution >= 4 is 0 Å². The van der Waals surface area contributed by atoms with E-state index in [1.54, 1.807) is 0 Å². The van der Waals surface area contributed by atoms with Crippen LogP contribution in [0.15, 0.2) is 28.8 Å². The van der Waals surface area contributed by atoms with Gasteiger partial charge < -0.3 is 14.4 Å². The maximum Gasteiger partial charge on any atom is 0.140 e. The van der Waals surface area contributed by atoms with Crippen LogP contribution in [0.5, 0.6) is 5.75 Å². The summed E-state index contributed by atoms with van der Waals surface area (Å²) in [5.41, 5.74) is 2.71. The monoisotopic (exact) mass is 233 g/mol. The van der Waals surface area contributed by atoms with Crippen molar-refractivity contribution in [1.29, 1.82) is 0 Å². The molecule has 0 bridgehead atoms. The molecule has 0 aliphatic carbocycles. The largest absolute Gasteiger partial charge is 0.489 e. The van der Waals surface area contributed by atoms with Crippen molar-refractivity contribution in [3.63, 3.8) is 0 Å². The van der Waals surface area contributed by atoms with Crippen LogP contribution in [0.4, 0.5) is 0 Å². The lowest BCUT2D eigenvalue weighted by atomic mass is 10.2. The summed E-state index contributed by atoms with van der Waals surface area (Å²) in [7, 11) is 0. The van der Waals surface area contributed by atoms with Gasteiger partial charge in [-0.25, -0.2) is 0 Å². The Labute approximate surface area is 99.8 Å². The summed E-state index contributed by atoms with van der Waals surface area (Å²) in [6.07, 6.45) is 0. The van der Waals surface area contributed by atoms with Crippen molar-refractivity contribution in [2.75, 3.05) is 0 Å².